The number of carbonyl (C=O) groups is 2. The molecule has 0 saturated carbocycles. The first-order valence-corrected chi connectivity index (χ1v) is 7.46. The van der Waals surface area contributed by atoms with Crippen molar-refractivity contribution in [3.8, 4) is 0 Å². The van der Waals surface area contributed by atoms with Crippen LogP contribution >= 0.6 is 0 Å². The third kappa shape index (κ3) is 3.43. The Morgan fingerprint density at radius 3 is 2.81 bits per heavy atom. The second kappa shape index (κ2) is 6.28. The molecule has 1 unspecified atom stereocenters. The number of hydrogen-bond donors (Lipinski definition) is 1. The van der Waals surface area contributed by atoms with Crippen molar-refractivity contribution >= 4 is 11.8 Å². The predicted octanol–water partition coefficient (Wildman–Crippen LogP) is 1.30. The van der Waals surface area contributed by atoms with Crippen LogP contribution in [0.15, 0.2) is 6.07 Å². The molecule has 0 spiro atoms. The minimum Gasteiger partial charge on any atom is -0.347 e. The zero-order valence-electron chi connectivity index (χ0n) is 13.2. The van der Waals surface area contributed by atoms with Crippen molar-refractivity contribution in [1.29, 1.82) is 0 Å². The second-order valence-electron chi connectivity index (χ2n) is 6.27. The predicted molar refractivity (Wildman–Crippen MR) is 79.9 cm³/mol. The zero-order chi connectivity index (χ0) is 15.6. The van der Waals surface area contributed by atoms with Crippen LogP contribution < -0.4 is 0 Å². The monoisotopic (exact) mass is 292 g/mol. The molecule has 1 aromatic rings. The maximum absolute atomic E-state index is 12.6. The van der Waals surface area contributed by atoms with Crippen molar-refractivity contribution in [2.45, 2.75) is 39.2 Å². The minimum absolute atomic E-state index is 0.0150. The lowest BCUT2D eigenvalue weighted by Gasteiger charge is -2.25. The van der Waals surface area contributed by atoms with Crippen molar-refractivity contribution in [2.24, 2.45) is 5.92 Å². The van der Waals surface area contributed by atoms with E-state index in [-0.39, 0.29) is 17.9 Å². The van der Waals surface area contributed by atoms with E-state index in [2.05, 4.69) is 24.0 Å². The van der Waals surface area contributed by atoms with Gasteiger partial charge in [-0.3, -0.25) is 14.7 Å². The summed E-state index contributed by atoms with van der Waals surface area (Å²) < 4.78 is 0. The summed E-state index contributed by atoms with van der Waals surface area (Å²) in [6.07, 6.45) is 2.45. The fourth-order valence-corrected chi connectivity index (χ4v) is 2.73. The highest BCUT2D eigenvalue weighted by Gasteiger charge is 2.36. The second-order valence-corrected chi connectivity index (χ2v) is 6.27. The van der Waals surface area contributed by atoms with Crippen molar-refractivity contribution in [3.63, 3.8) is 0 Å². The normalized spacial score (nSPS) is 18.3. The lowest BCUT2D eigenvalue weighted by atomic mass is 10.1. The van der Waals surface area contributed by atoms with Gasteiger partial charge in [-0.2, -0.15) is 5.10 Å². The number of nitrogens with zero attached hydrogens (tertiary/aromatic N) is 3. The Morgan fingerprint density at radius 2 is 2.19 bits per heavy atom. The van der Waals surface area contributed by atoms with E-state index in [0.717, 1.165) is 25.0 Å². The molecule has 21 heavy (non-hydrogen) atoms. The molecule has 1 saturated heterocycles. The average Bonchev–Trinajstić information content (AvgIpc) is 3.04. The SMILES string of the molecule is CC(C)Cc1cc(C(=O)N2CCCC2C(=O)N(C)C)n[nH]1. The van der Waals surface area contributed by atoms with Crippen LogP contribution in [-0.2, 0) is 11.2 Å². The van der Waals surface area contributed by atoms with E-state index in [9.17, 15) is 9.59 Å². The number of aromatic amines is 1. The van der Waals surface area contributed by atoms with Crippen LogP contribution in [0.3, 0.4) is 0 Å². The number of aromatic nitrogens is 2. The lowest BCUT2D eigenvalue weighted by Crippen LogP contribution is -2.45. The van der Waals surface area contributed by atoms with Gasteiger partial charge in [0.1, 0.15) is 11.7 Å². The Hall–Kier alpha value is -1.85. The lowest BCUT2D eigenvalue weighted by molar-refractivity contribution is -0.132. The highest BCUT2D eigenvalue weighted by Crippen LogP contribution is 2.21. The first-order valence-electron chi connectivity index (χ1n) is 7.46. The van der Waals surface area contributed by atoms with Gasteiger partial charge in [0.15, 0.2) is 0 Å². The van der Waals surface area contributed by atoms with E-state index in [1.54, 1.807) is 30.0 Å². The highest BCUT2D eigenvalue weighted by atomic mass is 16.2. The number of rotatable bonds is 4. The summed E-state index contributed by atoms with van der Waals surface area (Å²) >= 11 is 0. The van der Waals surface area contributed by atoms with Gasteiger partial charge in [-0.15, -0.1) is 0 Å². The standard InChI is InChI=1S/C15H24N4O2/c1-10(2)8-11-9-12(17-16-11)14(20)19-7-5-6-13(19)15(21)18(3)4/h9-10,13H,5-8H2,1-4H3,(H,16,17). The maximum atomic E-state index is 12.6. The van der Waals surface area contributed by atoms with Crippen molar-refractivity contribution in [3.05, 3.63) is 17.5 Å². The van der Waals surface area contributed by atoms with E-state index in [1.165, 1.54) is 0 Å². The third-order valence-electron chi connectivity index (χ3n) is 3.72. The van der Waals surface area contributed by atoms with Gasteiger partial charge in [0, 0.05) is 26.3 Å². The molecule has 116 valence electrons. The van der Waals surface area contributed by atoms with E-state index >= 15 is 0 Å². The summed E-state index contributed by atoms with van der Waals surface area (Å²) in [4.78, 5) is 27.9. The molecular formula is C15H24N4O2. The van der Waals surface area contributed by atoms with Crippen molar-refractivity contribution in [1.82, 2.24) is 20.0 Å². The molecular weight excluding hydrogens is 268 g/mol. The molecule has 1 N–H and O–H groups in total. The summed E-state index contributed by atoms with van der Waals surface area (Å²) in [5.74, 6) is 0.334. The summed E-state index contributed by atoms with van der Waals surface area (Å²) in [7, 11) is 3.44. The number of likely N-dealkylation sites (N-methyl/N-ethyl adjacent to an activating group) is 1. The molecule has 1 atom stereocenters. The van der Waals surface area contributed by atoms with E-state index in [4.69, 9.17) is 0 Å². The number of H-pyrrole nitrogens is 1. The molecule has 0 aliphatic carbocycles. The molecule has 2 rings (SSSR count). The molecule has 6 heteroatoms. The number of amides is 2. The summed E-state index contributed by atoms with van der Waals surface area (Å²) in [5, 5.41) is 7.03. The molecule has 1 aromatic heterocycles. The first-order chi connectivity index (χ1) is 9.90. The van der Waals surface area contributed by atoms with Crippen molar-refractivity contribution < 1.29 is 9.59 Å². The Morgan fingerprint density at radius 1 is 1.48 bits per heavy atom. The summed E-state index contributed by atoms with van der Waals surface area (Å²) in [6, 6.07) is 1.45. The number of nitrogens with one attached hydrogen (secondary N) is 1. The van der Waals surface area contributed by atoms with Crippen LogP contribution in [-0.4, -0.2) is 58.5 Å². The third-order valence-corrected chi connectivity index (χ3v) is 3.72. The average molecular weight is 292 g/mol. The fourth-order valence-electron chi connectivity index (χ4n) is 2.73. The van der Waals surface area contributed by atoms with Gasteiger partial charge in [-0.25, -0.2) is 0 Å². The largest absolute Gasteiger partial charge is 0.347 e. The molecule has 0 radical (unpaired) electrons. The molecule has 2 heterocycles. The van der Waals surface area contributed by atoms with E-state index in [0.29, 0.717) is 18.2 Å². The molecule has 2 amide bonds. The molecule has 1 aliphatic rings. The Bertz CT molecular complexity index is 521. The Kier molecular flexibility index (Phi) is 4.65. The smallest absolute Gasteiger partial charge is 0.275 e. The molecule has 6 nitrogen and oxygen atoms in total. The van der Waals surface area contributed by atoms with Crippen molar-refractivity contribution in [2.75, 3.05) is 20.6 Å². The molecule has 1 fully saturated rings. The number of hydrogen-bond acceptors (Lipinski definition) is 3. The van der Waals surface area contributed by atoms with Crippen LogP contribution in [0.25, 0.3) is 0 Å². The highest BCUT2D eigenvalue weighted by molar-refractivity contribution is 5.96. The fraction of sp³-hybridized carbons (Fsp3) is 0.667. The topological polar surface area (TPSA) is 69.3 Å². The van der Waals surface area contributed by atoms with Gasteiger partial charge in [0.05, 0.1) is 0 Å². The van der Waals surface area contributed by atoms with Crippen LogP contribution in [0.5, 0.6) is 0 Å². The van der Waals surface area contributed by atoms with Gasteiger partial charge < -0.3 is 9.80 Å². The molecule has 0 aromatic carbocycles. The van der Waals surface area contributed by atoms with Gasteiger partial charge >= 0.3 is 0 Å². The minimum atomic E-state index is -0.349. The van der Waals surface area contributed by atoms with Crippen LogP contribution in [0.1, 0.15) is 42.9 Å². The van der Waals surface area contributed by atoms with Gasteiger partial charge in [0.25, 0.3) is 5.91 Å². The Balaban J connectivity index is 2.11. The van der Waals surface area contributed by atoms with E-state index in [1.807, 2.05) is 0 Å². The molecule has 0 bridgehead atoms. The quantitative estimate of drug-likeness (QED) is 0.909. The van der Waals surface area contributed by atoms with Gasteiger partial charge in [0.2, 0.25) is 5.91 Å². The summed E-state index contributed by atoms with van der Waals surface area (Å²) in [5.41, 5.74) is 1.37. The molecule has 1 aliphatic heterocycles. The van der Waals surface area contributed by atoms with E-state index < -0.39 is 0 Å². The van der Waals surface area contributed by atoms with Gasteiger partial charge in [-0.05, 0) is 31.2 Å². The zero-order valence-corrected chi connectivity index (χ0v) is 13.2. The van der Waals surface area contributed by atoms with Crippen LogP contribution in [0.2, 0.25) is 0 Å². The number of likely N-dealkylation sites (tertiary alicyclic amines) is 1. The van der Waals surface area contributed by atoms with Crippen LogP contribution in [0.4, 0.5) is 0 Å². The number of carbonyl (C=O) groups excluding carboxylic acids is 2. The Labute approximate surface area is 125 Å². The maximum Gasteiger partial charge on any atom is 0.275 e. The van der Waals surface area contributed by atoms with Gasteiger partial charge in [-0.1, -0.05) is 13.8 Å². The summed E-state index contributed by atoms with van der Waals surface area (Å²) in [6.45, 7) is 4.86. The van der Waals surface area contributed by atoms with Crippen LogP contribution in [0, 0.1) is 5.92 Å². The first kappa shape index (κ1) is 15.5.